The molecule has 1 heterocycles. The van der Waals surface area contributed by atoms with Crippen LogP contribution in [0.2, 0.25) is 0 Å². The van der Waals surface area contributed by atoms with Gasteiger partial charge >= 0.3 is 0 Å². The van der Waals surface area contributed by atoms with Crippen molar-refractivity contribution >= 4 is 23.1 Å². The van der Waals surface area contributed by atoms with Crippen LogP contribution in [0.5, 0.6) is 0 Å². The Labute approximate surface area is 147 Å². The molecule has 1 aliphatic rings. The van der Waals surface area contributed by atoms with E-state index < -0.39 is 0 Å². The number of nitrogens with one attached hydrogen (secondary N) is 2. The van der Waals surface area contributed by atoms with Crippen molar-refractivity contribution in [3.05, 3.63) is 71.4 Å². The summed E-state index contributed by atoms with van der Waals surface area (Å²) in [6, 6.07) is 18.0. The van der Waals surface area contributed by atoms with Crippen molar-refractivity contribution in [3.63, 3.8) is 0 Å². The number of para-hydroxylation sites is 2. The fraction of sp³-hybridized carbons (Fsp3) is 0.200. The Morgan fingerprint density at radius 3 is 2.56 bits per heavy atom. The minimum absolute atomic E-state index is 0.592. The van der Waals surface area contributed by atoms with Crippen LogP contribution >= 0.6 is 0 Å². The third-order valence-electron chi connectivity index (χ3n) is 4.44. The molecule has 25 heavy (non-hydrogen) atoms. The van der Waals surface area contributed by atoms with E-state index in [1.165, 1.54) is 11.1 Å². The number of aromatic nitrogens is 2. The van der Waals surface area contributed by atoms with E-state index in [0.717, 1.165) is 43.0 Å². The van der Waals surface area contributed by atoms with Gasteiger partial charge in [0, 0.05) is 12.1 Å². The Balaban J connectivity index is 1.60. The summed E-state index contributed by atoms with van der Waals surface area (Å²) >= 11 is 0. The smallest absolute Gasteiger partial charge is 0.229 e. The van der Waals surface area contributed by atoms with Gasteiger partial charge in [0.1, 0.15) is 5.82 Å². The molecule has 0 spiro atoms. The lowest BCUT2D eigenvalue weighted by atomic mass is 10.2. The van der Waals surface area contributed by atoms with E-state index in [-0.39, 0.29) is 0 Å². The Hall–Kier alpha value is -3.08. The van der Waals surface area contributed by atoms with Crippen LogP contribution in [0.15, 0.2) is 54.6 Å². The molecule has 0 radical (unpaired) electrons. The standard InChI is InChI=1S/C20H21N5/c21-16-10-4-5-11-18(16)24-20-23-17-12-6-9-15(17)19(25-20)22-13-14-7-2-1-3-8-14/h1-5,7-8,10-11H,6,9,12-13,21H2,(H2,22,23,24,25). The second-order valence-electron chi connectivity index (χ2n) is 6.23. The molecule has 5 nitrogen and oxygen atoms in total. The molecule has 0 saturated carbocycles. The van der Waals surface area contributed by atoms with E-state index in [1.54, 1.807) is 0 Å². The van der Waals surface area contributed by atoms with Gasteiger partial charge in [-0.25, -0.2) is 4.98 Å². The first-order valence-corrected chi connectivity index (χ1v) is 8.59. The summed E-state index contributed by atoms with van der Waals surface area (Å²) in [7, 11) is 0. The number of hydrogen-bond acceptors (Lipinski definition) is 5. The lowest BCUT2D eigenvalue weighted by molar-refractivity contribution is 0.899. The summed E-state index contributed by atoms with van der Waals surface area (Å²) in [5, 5.41) is 6.73. The van der Waals surface area contributed by atoms with Crippen molar-refractivity contribution < 1.29 is 0 Å². The highest BCUT2D eigenvalue weighted by Crippen LogP contribution is 2.29. The van der Waals surface area contributed by atoms with Crippen molar-refractivity contribution in [1.29, 1.82) is 0 Å². The summed E-state index contributed by atoms with van der Waals surface area (Å²) in [4.78, 5) is 9.39. The number of anilines is 4. The van der Waals surface area contributed by atoms with Gasteiger partial charge < -0.3 is 16.4 Å². The van der Waals surface area contributed by atoms with Gasteiger partial charge in [0.05, 0.1) is 17.1 Å². The maximum atomic E-state index is 6.02. The molecule has 0 amide bonds. The van der Waals surface area contributed by atoms with Crippen LogP contribution in [0.3, 0.4) is 0 Å². The molecule has 1 aromatic heterocycles. The van der Waals surface area contributed by atoms with Crippen LogP contribution in [0.4, 0.5) is 23.1 Å². The number of nitrogens with zero attached hydrogens (tertiary/aromatic N) is 2. The van der Waals surface area contributed by atoms with Crippen LogP contribution in [0.1, 0.15) is 23.2 Å². The normalized spacial score (nSPS) is 12.6. The number of hydrogen-bond donors (Lipinski definition) is 3. The highest BCUT2D eigenvalue weighted by molar-refractivity contribution is 5.70. The molecular formula is C20H21N5. The minimum atomic E-state index is 0.592. The zero-order chi connectivity index (χ0) is 17.1. The molecular weight excluding hydrogens is 310 g/mol. The average Bonchev–Trinajstić information content (AvgIpc) is 3.11. The fourth-order valence-electron chi connectivity index (χ4n) is 3.15. The second-order valence-corrected chi connectivity index (χ2v) is 6.23. The molecule has 1 aliphatic carbocycles. The number of rotatable bonds is 5. The van der Waals surface area contributed by atoms with Crippen LogP contribution in [-0.4, -0.2) is 9.97 Å². The number of nitrogen functional groups attached to an aromatic ring is 1. The quantitative estimate of drug-likeness (QED) is 0.618. The van der Waals surface area contributed by atoms with Crippen LogP contribution in [-0.2, 0) is 19.4 Å². The van der Waals surface area contributed by atoms with Gasteiger partial charge in [-0.1, -0.05) is 42.5 Å². The van der Waals surface area contributed by atoms with Crippen LogP contribution < -0.4 is 16.4 Å². The number of benzene rings is 2. The average molecular weight is 331 g/mol. The van der Waals surface area contributed by atoms with Gasteiger partial charge in [0.15, 0.2) is 0 Å². The lowest BCUT2D eigenvalue weighted by Gasteiger charge is -2.14. The highest BCUT2D eigenvalue weighted by Gasteiger charge is 2.19. The third-order valence-corrected chi connectivity index (χ3v) is 4.44. The van der Waals surface area contributed by atoms with Gasteiger partial charge in [-0.2, -0.15) is 4.98 Å². The Morgan fingerprint density at radius 1 is 0.920 bits per heavy atom. The van der Waals surface area contributed by atoms with Gasteiger partial charge in [0.2, 0.25) is 5.95 Å². The van der Waals surface area contributed by atoms with E-state index in [2.05, 4.69) is 27.8 Å². The zero-order valence-corrected chi connectivity index (χ0v) is 14.0. The maximum absolute atomic E-state index is 6.02. The van der Waals surface area contributed by atoms with Gasteiger partial charge in [-0.3, -0.25) is 0 Å². The summed E-state index contributed by atoms with van der Waals surface area (Å²) in [6.07, 6.45) is 3.15. The van der Waals surface area contributed by atoms with Crippen LogP contribution in [0.25, 0.3) is 0 Å². The van der Waals surface area contributed by atoms with Crippen molar-refractivity contribution in [2.24, 2.45) is 0 Å². The monoisotopic (exact) mass is 331 g/mol. The molecule has 0 saturated heterocycles. The van der Waals surface area contributed by atoms with Gasteiger partial charge in [-0.05, 0) is 37.0 Å². The summed E-state index contributed by atoms with van der Waals surface area (Å²) in [6.45, 7) is 0.747. The summed E-state index contributed by atoms with van der Waals surface area (Å²) in [5.41, 5.74) is 11.1. The Bertz CT molecular complexity index is 877. The Morgan fingerprint density at radius 2 is 1.72 bits per heavy atom. The first kappa shape index (κ1) is 15.4. The van der Waals surface area contributed by atoms with E-state index in [4.69, 9.17) is 10.7 Å². The molecule has 0 aliphatic heterocycles. The molecule has 0 fully saturated rings. The van der Waals surface area contributed by atoms with E-state index in [9.17, 15) is 0 Å². The van der Waals surface area contributed by atoms with Crippen molar-refractivity contribution in [1.82, 2.24) is 9.97 Å². The zero-order valence-electron chi connectivity index (χ0n) is 14.0. The maximum Gasteiger partial charge on any atom is 0.229 e. The van der Waals surface area contributed by atoms with Crippen molar-refractivity contribution in [3.8, 4) is 0 Å². The molecule has 4 N–H and O–H groups in total. The molecule has 5 heteroatoms. The molecule has 0 unspecified atom stereocenters. The van der Waals surface area contributed by atoms with E-state index in [1.807, 2.05) is 42.5 Å². The van der Waals surface area contributed by atoms with Gasteiger partial charge in [0.25, 0.3) is 0 Å². The SMILES string of the molecule is Nc1ccccc1Nc1nc2c(c(NCc3ccccc3)n1)CCC2. The van der Waals surface area contributed by atoms with Crippen molar-refractivity contribution in [2.45, 2.75) is 25.8 Å². The first-order valence-electron chi connectivity index (χ1n) is 8.59. The van der Waals surface area contributed by atoms with E-state index >= 15 is 0 Å². The lowest BCUT2D eigenvalue weighted by Crippen LogP contribution is -2.09. The Kier molecular flexibility index (Phi) is 4.21. The summed E-state index contributed by atoms with van der Waals surface area (Å²) in [5.74, 6) is 1.51. The first-order chi connectivity index (χ1) is 12.3. The van der Waals surface area contributed by atoms with Crippen molar-refractivity contribution in [2.75, 3.05) is 16.4 Å². The number of nitrogens with two attached hydrogens (primary N) is 1. The van der Waals surface area contributed by atoms with Gasteiger partial charge in [-0.15, -0.1) is 0 Å². The number of aryl methyl sites for hydroxylation is 1. The molecule has 2 aromatic carbocycles. The van der Waals surface area contributed by atoms with E-state index in [0.29, 0.717) is 11.6 Å². The molecule has 4 rings (SSSR count). The second kappa shape index (κ2) is 6.81. The largest absolute Gasteiger partial charge is 0.397 e. The minimum Gasteiger partial charge on any atom is -0.397 e. The predicted octanol–water partition coefficient (Wildman–Crippen LogP) is 3.90. The molecule has 0 atom stereocenters. The third kappa shape index (κ3) is 3.40. The fourth-order valence-corrected chi connectivity index (χ4v) is 3.15. The molecule has 3 aromatic rings. The topological polar surface area (TPSA) is 75.9 Å². The number of fused-ring (bicyclic) bond motifs is 1. The highest BCUT2D eigenvalue weighted by atomic mass is 15.2. The van der Waals surface area contributed by atoms with Crippen LogP contribution in [0, 0.1) is 0 Å². The summed E-state index contributed by atoms with van der Waals surface area (Å²) < 4.78 is 0. The predicted molar refractivity (Wildman–Crippen MR) is 102 cm³/mol. The molecule has 126 valence electrons. The molecule has 0 bridgehead atoms.